The maximum Gasteiger partial charge on any atom is 0.305 e. The van der Waals surface area contributed by atoms with Crippen LogP contribution in [0.25, 0.3) is 10.9 Å². The minimum atomic E-state index is -0.0892. The van der Waals surface area contributed by atoms with E-state index in [0.717, 1.165) is 36.9 Å². The van der Waals surface area contributed by atoms with E-state index in [9.17, 15) is 4.79 Å². The first kappa shape index (κ1) is 15.4. The fraction of sp³-hybridized carbons (Fsp3) is 0.471. The lowest BCUT2D eigenvalue weighted by atomic mass is 10.2. The van der Waals surface area contributed by atoms with Crippen LogP contribution in [0.15, 0.2) is 30.5 Å². The number of hydrogen-bond donors (Lipinski definition) is 0. The van der Waals surface area contributed by atoms with Crippen LogP contribution >= 0.6 is 0 Å². The van der Waals surface area contributed by atoms with Crippen molar-refractivity contribution in [3.8, 4) is 5.75 Å². The number of benzene rings is 1. The number of aryl methyl sites for hydroxylation is 1. The van der Waals surface area contributed by atoms with Crippen LogP contribution in [0.5, 0.6) is 5.75 Å². The largest absolute Gasteiger partial charge is 0.496 e. The molecular weight excluding hydrogens is 266 g/mol. The summed E-state index contributed by atoms with van der Waals surface area (Å²) in [4.78, 5) is 11.2. The molecule has 0 atom stereocenters. The van der Waals surface area contributed by atoms with Gasteiger partial charge in [-0.05, 0) is 38.0 Å². The Labute approximate surface area is 125 Å². The van der Waals surface area contributed by atoms with Crippen molar-refractivity contribution < 1.29 is 14.3 Å². The second kappa shape index (κ2) is 7.72. The van der Waals surface area contributed by atoms with E-state index in [1.54, 1.807) is 7.11 Å². The fourth-order valence-corrected chi connectivity index (χ4v) is 2.53. The van der Waals surface area contributed by atoms with Gasteiger partial charge in [-0.3, -0.25) is 4.79 Å². The standard InChI is InChI=1S/C17H23NO3/c1-3-21-17(19)10-5-4-6-12-18-13-11-14-15(18)8-7-9-16(14)20-2/h7-9,11,13H,3-6,10,12H2,1-2H3. The zero-order valence-electron chi connectivity index (χ0n) is 12.8. The number of hydrogen-bond acceptors (Lipinski definition) is 3. The molecule has 2 aromatic rings. The number of carbonyl (C=O) groups excluding carboxylic acids is 1. The van der Waals surface area contributed by atoms with Gasteiger partial charge in [-0.1, -0.05) is 12.5 Å². The van der Waals surface area contributed by atoms with Crippen molar-refractivity contribution in [2.24, 2.45) is 0 Å². The number of unbranched alkanes of at least 4 members (excludes halogenated alkanes) is 2. The van der Waals surface area contributed by atoms with Gasteiger partial charge in [0.25, 0.3) is 0 Å². The lowest BCUT2D eigenvalue weighted by molar-refractivity contribution is -0.143. The molecule has 0 saturated carbocycles. The van der Waals surface area contributed by atoms with Gasteiger partial charge >= 0.3 is 5.97 Å². The Kier molecular flexibility index (Phi) is 5.67. The predicted molar refractivity (Wildman–Crippen MR) is 83.6 cm³/mol. The average molecular weight is 289 g/mol. The summed E-state index contributed by atoms with van der Waals surface area (Å²) in [5, 5.41) is 1.14. The van der Waals surface area contributed by atoms with Gasteiger partial charge in [0.15, 0.2) is 0 Å². The molecular formula is C17H23NO3. The summed E-state index contributed by atoms with van der Waals surface area (Å²) in [6, 6.07) is 8.19. The van der Waals surface area contributed by atoms with Crippen LogP contribution in [0.4, 0.5) is 0 Å². The fourth-order valence-electron chi connectivity index (χ4n) is 2.53. The van der Waals surface area contributed by atoms with E-state index in [2.05, 4.69) is 22.9 Å². The number of carbonyl (C=O) groups is 1. The second-order valence-corrected chi connectivity index (χ2v) is 5.02. The normalized spacial score (nSPS) is 10.8. The molecule has 0 unspecified atom stereocenters. The van der Waals surface area contributed by atoms with Gasteiger partial charge < -0.3 is 14.0 Å². The third-order valence-corrected chi connectivity index (χ3v) is 3.58. The zero-order chi connectivity index (χ0) is 15.1. The summed E-state index contributed by atoms with van der Waals surface area (Å²) < 4.78 is 12.5. The molecule has 0 N–H and O–H groups in total. The molecule has 2 rings (SSSR count). The SMILES string of the molecule is CCOC(=O)CCCCCn1ccc2c(OC)cccc21. The first-order valence-electron chi connectivity index (χ1n) is 7.53. The highest BCUT2D eigenvalue weighted by atomic mass is 16.5. The molecule has 4 heteroatoms. The predicted octanol–water partition coefficient (Wildman–Crippen LogP) is 3.77. The van der Waals surface area contributed by atoms with Crippen molar-refractivity contribution in [1.29, 1.82) is 0 Å². The van der Waals surface area contributed by atoms with Gasteiger partial charge in [0.2, 0.25) is 0 Å². The Morgan fingerprint density at radius 1 is 1.19 bits per heavy atom. The van der Waals surface area contributed by atoms with E-state index >= 15 is 0 Å². The van der Waals surface area contributed by atoms with Crippen molar-refractivity contribution in [3.63, 3.8) is 0 Å². The maximum atomic E-state index is 11.2. The molecule has 4 nitrogen and oxygen atoms in total. The third-order valence-electron chi connectivity index (χ3n) is 3.58. The molecule has 0 aliphatic carbocycles. The molecule has 114 valence electrons. The van der Waals surface area contributed by atoms with Crippen molar-refractivity contribution in [3.05, 3.63) is 30.5 Å². The van der Waals surface area contributed by atoms with E-state index in [1.807, 2.05) is 19.1 Å². The van der Waals surface area contributed by atoms with Crippen molar-refractivity contribution in [2.75, 3.05) is 13.7 Å². The summed E-state index contributed by atoms with van der Waals surface area (Å²) in [5.74, 6) is 0.821. The molecule has 0 radical (unpaired) electrons. The van der Waals surface area contributed by atoms with E-state index in [0.29, 0.717) is 13.0 Å². The van der Waals surface area contributed by atoms with Crippen LogP contribution in [0.1, 0.15) is 32.6 Å². The lowest BCUT2D eigenvalue weighted by Crippen LogP contribution is -2.03. The van der Waals surface area contributed by atoms with Crippen LogP contribution in [0.2, 0.25) is 0 Å². The van der Waals surface area contributed by atoms with E-state index < -0.39 is 0 Å². The van der Waals surface area contributed by atoms with Crippen molar-refractivity contribution >= 4 is 16.9 Å². The Bertz CT molecular complexity index is 589. The smallest absolute Gasteiger partial charge is 0.305 e. The van der Waals surface area contributed by atoms with Gasteiger partial charge in [-0.2, -0.15) is 0 Å². The Morgan fingerprint density at radius 2 is 2.05 bits per heavy atom. The van der Waals surface area contributed by atoms with Crippen LogP contribution in [0.3, 0.4) is 0 Å². The monoisotopic (exact) mass is 289 g/mol. The van der Waals surface area contributed by atoms with Gasteiger partial charge in [0, 0.05) is 24.5 Å². The summed E-state index contributed by atoms with van der Waals surface area (Å²) in [6.45, 7) is 3.26. The number of rotatable bonds is 8. The molecule has 1 heterocycles. The highest BCUT2D eigenvalue weighted by Crippen LogP contribution is 2.26. The molecule has 0 spiro atoms. The molecule has 0 aliphatic heterocycles. The van der Waals surface area contributed by atoms with Crippen molar-refractivity contribution in [1.82, 2.24) is 4.57 Å². The minimum absolute atomic E-state index is 0.0892. The molecule has 0 aliphatic rings. The average Bonchev–Trinajstić information content (AvgIpc) is 2.90. The Morgan fingerprint density at radius 3 is 2.81 bits per heavy atom. The van der Waals surface area contributed by atoms with Crippen LogP contribution in [-0.4, -0.2) is 24.3 Å². The molecule has 0 fully saturated rings. The molecule has 0 bridgehead atoms. The minimum Gasteiger partial charge on any atom is -0.496 e. The number of fused-ring (bicyclic) bond motifs is 1. The molecule has 1 aromatic heterocycles. The molecule has 21 heavy (non-hydrogen) atoms. The van der Waals surface area contributed by atoms with Crippen LogP contribution in [-0.2, 0) is 16.1 Å². The Hall–Kier alpha value is -1.97. The summed E-state index contributed by atoms with van der Waals surface area (Å²) in [5.41, 5.74) is 1.19. The highest BCUT2D eigenvalue weighted by molar-refractivity contribution is 5.86. The summed E-state index contributed by atoms with van der Waals surface area (Å²) in [7, 11) is 1.70. The lowest BCUT2D eigenvalue weighted by Gasteiger charge is -2.07. The molecule has 0 saturated heterocycles. The third kappa shape index (κ3) is 4.00. The number of aromatic nitrogens is 1. The first-order valence-corrected chi connectivity index (χ1v) is 7.53. The quantitative estimate of drug-likeness (QED) is 0.548. The first-order chi connectivity index (χ1) is 10.3. The van der Waals surface area contributed by atoms with E-state index in [-0.39, 0.29) is 5.97 Å². The number of esters is 1. The molecule has 1 aromatic carbocycles. The number of nitrogens with zero attached hydrogens (tertiary/aromatic N) is 1. The van der Waals surface area contributed by atoms with E-state index in [1.165, 1.54) is 5.52 Å². The second-order valence-electron chi connectivity index (χ2n) is 5.02. The van der Waals surface area contributed by atoms with Gasteiger partial charge in [0.1, 0.15) is 5.75 Å². The number of ether oxygens (including phenoxy) is 2. The van der Waals surface area contributed by atoms with Crippen molar-refractivity contribution in [2.45, 2.75) is 39.2 Å². The number of methoxy groups -OCH3 is 1. The van der Waals surface area contributed by atoms with Crippen LogP contribution in [0, 0.1) is 0 Å². The summed E-state index contributed by atoms with van der Waals surface area (Å²) in [6.07, 6.45) is 5.59. The highest BCUT2D eigenvalue weighted by Gasteiger charge is 2.06. The topological polar surface area (TPSA) is 40.5 Å². The maximum absolute atomic E-state index is 11.2. The van der Waals surface area contributed by atoms with E-state index in [4.69, 9.17) is 9.47 Å². The van der Waals surface area contributed by atoms with Gasteiger partial charge in [0.05, 0.1) is 19.2 Å². The van der Waals surface area contributed by atoms with Gasteiger partial charge in [-0.15, -0.1) is 0 Å². The molecule has 0 amide bonds. The summed E-state index contributed by atoms with van der Waals surface area (Å²) >= 11 is 0. The Balaban J connectivity index is 1.83. The van der Waals surface area contributed by atoms with Crippen LogP contribution < -0.4 is 4.74 Å². The van der Waals surface area contributed by atoms with Gasteiger partial charge in [-0.25, -0.2) is 0 Å². The zero-order valence-corrected chi connectivity index (χ0v) is 12.8.